The molecule has 0 unspecified atom stereocenters. The van der Waals surface area contributed by atoms with E-state index in [1.165, 1.54) is 12.1 Å². The van der Waals surface area contributed by atoms with E-state index < -0.39 is 5.97 Å². The fraction of sp³-hybridized carbons (Fsp3) is 0. The van der Waals surface area contributed by atoms with E-state index in [9.17, 15) is 9.90 Å². The normalized spacial score (nSPS) is 9.69. The summed E-state index contributed by atoms with van der Waals surface area (Å²) in [6.07, 6.45) is 0. The van der Waals surface area contributed by atoms with Crippen molar-refractivity contribution in [2.75, 3.05) is 11.0 Å². The van der Waals surface area contributed by atoms with Gasteiger partial charge in [0.2, 0.25) is 0 Å². The molecule has 0 aromatic heterocycles. The van der Waals surface area contributed by atoms with Crippen molar-refractivity contribution in [1.82, 2.24) is 0 Å². The van der Waals surface area contributed by atoms with E-state index in [4.69, 9.17) is 16.1 Å². The summed E-state index contributed by atoms with van der Waals surface area (Å²) < 4.78 is 0. The van der Waals surface area contributed by atoms with E-state index in [-0.39, 0.29) is 22.2 Å². The van der Waals surface area contributed by atoms with Gasteiger partial charge in [0.15, 0.2) is 0 Å². The maximum Gasteiger partial charge on any atom is 0.0950 e. The average molecular weight is 183 g/mol. The summed E-state index contributed by atoms with van der Waals surface area (Å²) in [6, 6.07) is 3.48. The number of benzene rings is 1. The molecule has 4 N–H and O–H groups in total. The van der Waals surface area contributed by atoms with E-state index in [2.05, 4.69) is 0 Å². The van der Waals surface area contributed by atoms with Crippen LogP contribution in [-0.2, 0) is 0 Å². The molecule has 0 heterocycles. The van der Waals surface area contributed by atoms with Gasteiger partial charge in [-0.25, -0.2) is 0 Å². The number of aromatic carboxylic acids is 1. The van der Waals surface area contributed by atoms with Crippen LogP contribution in [0, 0.1) is 0 Å². The molecule has 0 saturated carbocycles. The second kappa shape index (κ2) is 3.30. The van der Waals surface area contributed by atoms with Crippen LogP contribution in [0.2, 0.25) is 0 Å². The fourth-order valence-corrected chi connectivity index (χ4v) is 0.845. The molecule has 0 atom stereocenters. The highest BCUT2D eigenvalue weighted by atomic mass is 16.8. The number of carbonyl (C=O) groups is 1. The van der Waals surface area contributed by atoms with Crippen LogP contribution in [0.5, 0.6) is 0 Å². The van der Waals surface area contributed by atoms with E-state index in [1.54, 1.807) is 0 Å². The van der Waals surface area contributed by atoms with Crippen molar-refractivity contribution in [3.05, 3.63) is 23.8 Å². The Morgan fingerprint density at radius 3 is 2.54 bits per heavy atom. The Morgan fingerprint density at radius 2 is 2.08 bits per heavy atom. The van der Waals surface area contributed by atoms with Crippen molar-refractivity contribution in [3.8, 4) is 0 Å². The Bertz CT molecular complexity index is 337. The number of anilines is 2. The molecule has 13 heavy (non-hydrogen) atoms. The highest BCUT2D eigenvalue weighted by Gasteiger charge is 2.04. The van der Waals surface area contributed by atoms with Gasteiger partial charge in [-0.2, -0.15) is 0 Å². The number of hydrogen-bond acceptors (Lipinski definition) is 6. The van der Waals surface area contributed by atoms with Gasteiger partial charge in [-0.05, 0) is 18.2 Å². The molecule has 0 spiro atoms. The van der Waals surface area contributed by atoms with Crippen molar-refractivity contribution < 1.29 is 20.3 Å². The molecule has 0 fully saturated rings. The molecular formula is C7H7N2O4-. The Hall–Kier alpha value is -1.79. The Labute approximate surface area is 73.3 Å². The Morgan fingerprint density at radius 1 is 1.46 bits per heavy atom. The lowest BCUT2D eigenvalue weighted by atomic mass is 10.1. The maximum atomic E-state index is 10.4. The van der Waals surface area contributed by atoms with Crippen molar-refractivity contribution in [2.45, 2.75) is 0 Å². The summed E-state index contributed by atoms with van der Waals surface area (Å²) in [5.41, 5.74) is 4.90. The summed E-state index contributed by atoms with van der Waals surface area (Å²) >= 11 is 0. The van der Waals surface area contributed by atoms with E-state index >= 15 is 0 Å². The number of carbonyl (C=O) groups excluding carboxylic acids is 1. The first-order valence-electron chi connectivity index (χ1n) is 3.31. The summed E-state index contributed by atoms with van der Waals surface area (Å²) in [4.78, 5) is 10.4. The largest absolute Gasteiger partial charge is 0.545 e. The maximum absolute atomic E-state index is 10.4. The first-order chi connectivity index (χ1) is 6.02. The van der Waals surface area contributed by atoms with Crippen molar-refractivity contribution >= 4 is 17.3 Å². The minimum atomic E-state index is -1.47. The lowest BCUT2D eigenvalue weighted by Gasteiger charge is -2.11. The lowest BCUT2D eigenvalue weighted by Crippen LogP contribution is -2.24. The van der Waals surface area contributed by atoms with Gasteiger partial charge in [0.05, 0.1) is 11.7 Å². The molecule has 70 valence electrons. The predicted molar refractivity (Wildman–Crippen MR) is 41.2 cm³/mol. The first-order valence-corrected chi connectivity index (χ1v) is 3.31. The molecule has 1 aromatic rings. The van der Waals surface area contributed by atoms with Crippen LogP contribution >= 0.6 is 0 Å². The van der Waals surface area contributed by atoms with Crippen LogP contribution in [0.3, 0.4) is 0 Å². The van der Waals surface area contributed by atoms with Crippen LogP contribution in [0.25, 0.3) is 0 Å². The number of nitrogens with two attached hydrogens (primary N) is 1. The zero-order valence-corrected chi connectivity index (χ0v) is 6.47. The second-order valence-corrected chi connectivity index (χ2v) is 2.35. The smallest absolute Gasteiger partial charge is 0.0950 e. The summed E-state index contributed by atoms with van der Waals surface area (Å²) in [5, 5.41) is 27.3. The summed E-state index contributed by atoms with van der Waals surface area (Å²) in [5.74, 6) is -1.47. The Balaban J connectivity index is 3.19. The van der Waals surface area contributed by atoms with Gasteiger partial charge in [0.1, 0.15) is 0 Å². The van der Waals surface area contributed by atoms with Gasteiger partial charge in [0.25, 0.3) is 0 Å². The van der Waals surface area contributed by atoms with Gasteiger partial charge in [0, 0.05) is 11.3 Å². The van der Waals surface area contributed by atoms with Gasteiger partial charge in [-0.3, -0.25) is 10.4 Å². The molecule has 0 amide bonds. The zero-order chi connectivity index (χ0) is 10.0. The van der Waals surface area contributed by atoms with Gasteiger partial charge in [-0.15, -0.1) is 5.23 Å². The number of carboxylic acid groups (broad SMARTS) is 1. The second-order valence-electron chi connectivity index (χ2n) is 2.35. The monoisotopic (exact) mass is 183 g/mol. The molecule has 0 aliphatic carbocycles. The topological polar surface area (TPSA) is 110 Å². The third-order valence-corrected chi connectivity index (χ3v) is 1.49. The zero-order valence-electron chi connectivity index (χ0n) is 6.47. The van der Waals surface area contributed by atoms with E-state index in [1.807, 2.05) is 0 Å². The molecule has 6 nitrogen and oxygen atoms in total. The Kier molecular flexibility index (Phi) is 2.36. The molecule has 1 rings (SSSR count). The standard InChI is InChI=1S/C7H8N2O4/c8-6-2-1-4(9(12)13)3-5(6)7(10)11/h1-3,12-13H,8H2,(H,10,11)/p-1. The van der Waals surface area contributed by atoms with Crippen LogP contribution in [0.4, 0.5) is 11.4 Å². The quantitative estimate of drug-likeness (QED) is 0.409. The van der Waals surface area contributed by atoms with Gasteiger partial charge >= 0.3 is 0 Å². The van der Waals surface area contributed by atoms with Crippen molar-refractivity contribution in [2.24, 2.45) is 0 Å². The number of carboxylic acids is 1. The number of rotatable bonds is 2. The fourth-order valence-electron chi connectivity index (χ4n) is 0.845. The number of hydrogen-bond donors (Lipinski definition) is 3. The minimum Gasteiger partial charge on any atom is -0.545 e. The highest BCUT2D eigenvalue weighted by molar-refractivity contribution is 5.93. The van der Waals surface area contributed by atoms with E-state index in [0.29, 0.717) is 0 Å². The molecule has 0 bridgehead atoms. The van der Waals surface area contributed by atoms with Crippen molar-refractivity contribution in [1.29, 1.82) is 0 Å². The molecule has 0 aliphatic heterocycles. The number of nitrogen functional groups attached to an aromatic ring is 1. The average Bonchev–Trinajstić information content (AvgIpc) is 2.04. The molecule has 0 radical (unpaired) electrons. The van der Waals surface area contributed by atoms with Crippen LogP contribution in [0.1, 0.15) is 10.4 Å². The molecule has 0 aliphatic rings. The van der Waals surface area contributed by atoms with Gasteiger partial charge < -0.3 is 15.6 Å². The molecule has 0 saturated heterocycles. The SMILES string of the molecule is Nc1ccc(N(O)O)cc1C(=O)[O-]. The first kappa shape index (κ1) is 9.30. The number of nitrogens with zero attached hydrogens (tertiary/aromatic N) is 1. The van der Waals surface area contributed by atoms with Gasteiger partial charge in [-0.1, -0.05) is 0 Å². The van der Waals surface area contributed by atoms with Crippen LogP contribution < -0.4 is 16.1 Å². The summed E-state index contributed by atoms with van der Waals surface area (Å²) in [6.45, 7) is 0. The molecule has 1 aromatic carbocycles. The van der Waals surface area contributed by atoms with Crippen LogP contribution in [0.15, 0.2) is 18.2 Å². The minimum absolute atomic E-state index is 0.00519. The third kappa shape index (κ3) is 1.86. The predicted octanol–water partition coefficient (Wildman–Crippen LogP) is -0.783. The molecular weight excluding hydrogens is 176 g/mol. The van der Waals surface area contributed by atoms with Crippen molar-refractivity contribution in [3.63, 3.8) is 0 Å². The highest BCUT2D eigenvalue weighted by Crippen LogP contribution is 2.18. The van der Waals surface area contributed by atoms with Crippen LogP contribution in [-0.4, -0.2) is 16.4 Å². The third-order valence-electron chi connectivity index (χ3n) is 1.49. The van der Waals surface area contributed by atoms with E-state index in [0.717, 1.165) is 6.07 Å². The summed E-state index contributed by atoms with van der Waals surface area (Å²) in [7, 11) is 0. The molecule has 6 heteroatoms. The lowest BCUT2D eigenvalue weighted by molar-refractivity contribution is -0.254.